The molecule has 0 heterocycles. The quantitative estimate of drug-likeness (QED) is 0.717. The molecule has 16 heavy (non-hydrogen) atoms. The summed E-state index contributed by atoms with van der Waals surface area (Å²) in [4.78, 5) is 0. The Kier molecular flexibility index (Phi) is 3.50. The van der Waals surface area contributed by atoms with Crippen molar-refractivity contribution in [3.63, 3.8) is 0 Å². The molecule has 0 aromatic carbocycles. The number of allylic oxidation sites excluding steroid dienone is 4. The van der Waals surface area contributed by atoms with E-state index >= 15 is 0 Å². The van der Waals surface area contributed by atoms with Gasteiger partial charge in [-0.15, -0.1) is 0 Å². The van der Waals surface area contributed by atoms with Crippen molar-refractivity contribution < 1.29 is 10.2 Å². The zero-order valence-electron chi connectivity index (χ0n) is 9.86. The maximum Gasteiger partial charge on any atom is 0.0436 e. The molecule has 0 bridgehead atoms. The van der Waals surface area contributed by atoms with Gasteiger partial charge in [-0.3, -0.25) is 0 Å². The van der Waals surface area contributed by atoms with Crippen LogP contribution in [0, 0.1) is 10.8 Å². The van der Waals surface area contributed by atoms with Crippen molar-refractivity contribution in [1.82, 2.24) is 0 Å². The maximum absolute atomic E-state index is 9.32. The molecule has 0 aromatic rings. The van der Waals surface area contributed by atoms with E-state index in [0.29, 0.717) is 0 Å². The summed E-state index contributed by atoms with van der Waals surface area (Å²) < 4.78 is 0. The predicted molar refractivity (Wildman–Crippen MR) is 65.0 cm³/mol. The van der Waals surface area contributed by atoms with Crippen LogP contribution >= 0.6 is 0 Å². The van der Waals surface area contributed by atoms with Crippen molar-refractivity contribution in [3.05, 3.63) is 24.3 Å². The van der Waals surface area contributed by atoms with Crippen molar-refractivity contribution in [2.45, 2.75) is 38.5 Å². The van der Waals surface area contributed by atoms with E-state index in [4.69, 9.17) is 0 Å². The summed E-state index contributed by atoms with van der Waals surface area (Å²) in [7, 11) is 0. The summed E-state index contributed by atoms with van der Waals surface area (Å²) in [5.41, 5.74) is 0.377. The van der Waals surface area contributed by atoms with Gasteiger partial charge in [0.2, 0.25) is 0 Å². The molecule has 2 nitrogen and oxygen atoms in total. The van der Waals surface area contributed by atoms with Crippen LogP contribution in [0.1, 0.15) is 38.5 Å². The molecule has 0 saturated carbocycles. The van der Waals surface area contributed by atoms with Crippen molar-refractivity contribution in [1.29, 1.82) is 0 Å². The molecule has 0 aliphatic heterocycles. The molecular weight excluding hydrogens is 200 g/mol. The number of hydrogen-bond acceptors (Lipinski definition) is 2. The molecule has 2 rings (SSSR count). The molecule has 2 N–H and O–H groups in total. The molecule has 2 aliphatic rings. The third-order valence-corrected chi connectivity index (χ3v) is 4.67. The van der Waals surface area contributed by atoms with Crippen LogP contribution in [0.5, 0.6) is 0 Å². The Morgan fingerprint density at radius 3 is 1.25 bits per heavy atom. The van der Waals surface area contributed by atoms with E-state index in [2.05, 4.69) is 24.3 Å². The SMILES string of the molecule is OCCC12CC=CCC1(CCO)CC=CC2. The normalized spacial score (nSPS) is 37.4. The molecular formula is C14H22O2. The fourth-order valence-electron chi connectivity index (χ4n) is 3.64. The van der Waals surface area contributed by atoms with Crippen LogP contribution in [0.2, 0.25) is 0 Å². The zero-order chi connectivity index (χ0) is 11.5. The summed E-state index contributed by atoms with van der Waals surface area (Å²) in [6.45, 7) is 0.518. The van der Waals surface area contributed by atoms with Crippen molar-refractivity contribution in [3.8, 4) is 0 Å². The number of rotatable bonds is 4. The van der Waals surface area contributed by atoms with Crippen LogP contribution < -0.4 is 0 Å². The van der Waals surface area contributed by atoms with Crippen molar-refractivity contribution in [2.75, 3.05) is 13.2 Å². The second kappa shape index (κ2) is 4.72. The molecule has 0 aromatic heterocycles. The minimum atomic E-state index is 0.188. The third-order valence-electron chi connectivity index (χ3n) is 4.67. The smallest absolute Gasteiger partial charge is 0.0436 e. The second-order valence-corrected chi connectivity index (χ2v) is 5.27. The number of aliphatic hydroxyl groups excluding tert-OH is 2. The molecule has 0 atom stereocenters. The molecule has 2 heteroatoms. The van der Waals surface area contributed by atoms with Crippen LogP contribution in [0.3, 0.4) is 0 Å². The summed E-state index contributed by atoms with van der Waals surface area (Å²) in [5.74, 6) is 0. The van der Waals surface area contributed by atoms with Crippen molar-refractivity contribution in [2.24, 2.45) is 10.8 Å². The Morgan fingerprint density at radius 2 is 1.00 bits per heavy atom. The summed E-state index contributed by atoms with van der Waals surface area (Å²) >= 11 is 0. The number of fused-ring (bicyclic) bond motifs is 1. The zero-order valence-corrected chi connectivity index (χ0v) is 9.86. The number of hydrogen-bond donors (Lipinski definition) is 2. The van der Waals surface area contributed by atoms with E-state index in [1.54, 1.807) is 0 Å². The predicted octanol–water partition coefficient (Wildman–Crippen LogP) is 2.42. The lowest BCUT2D eigenvalue weighted by molar-refractivity contribution is -0.0172. The molecule has 0 saturated heterocycles. The van der Waals surface area contributed by atoms with Crippen LogP contribution in [0.25, 0.3) is 0 Å². The van der Waals surface area contributed by atoms with Crippen LogP contribution in [-0.4, -0.2) is 23.4 Å². The van der Waals surface area contributed by atoms with Gasteiger partial charge in [0.05, 0.1) is 0 Å². The summed E-state index contributed by atoms with van der Waals surface area (Å²) in [6.07, 6.45) is 15.0. The Labute approximate surface area is 97.7 Å². The highest BCUT2D eigenvalue weighted by molar-refractivity contribution is 5.16. The molecule has 90 valence electrons. The van der Waals surface area contributed by atoms with Gasteiger partial charge in [-0.05, 0) is 49.4 Å². The van der Waals surface area contributed by atoms with Gasteiger partial charge in [0.15, 0.2) is 0 Å². The highest BCUT2D eigenvalue weighted by Gasteiger charge is 2.50. The lowest BCUT2D eigenvalue weighted by Gasteiger charge is -2.54. The minimum Gasteiger partial charge on any atom is -0.396 e. The minimum absolute atomic E-state index is 0.188. The second-order valence-electron chi connectivity index (χ2n) is 5.27. The Bertz CT molecular complexity index is 245. The fourth-order valence-corrected chi connectivity index (χ4v) is 3.64. The van der Waals surface area contributed by atoms with Crippen LogP contribution in [0.15, 0.2) is 24.3 Å². The number of aliphatic hydroxyl groups is 2. The maximum atomic E-state index is 9.32. The molecule has 0 spiro atoms. The lowest BCUT2D eigenvalue weighted by atomic mass is 9.51. The fraction of sp³-hybridized carbons (Fsp3) is 0.714. The molecule has 0 radical (unpaired) electrons. The Hall–Kier alpha value is -0.600. The highest BCUT2D eigenvalue weighted by Crippen LogP contribution is 2.58. The van der Waals surface area contributed by atoms with E-state index in [1.165, 1.54) is 0 Å². The third kappa shape index (κ3) is 1.74. The first kappa shape index (κ1) is 11.9. The molecule has 0 unspecified atom stereocenters. The van der Waals surface area contributed by atoms with Crippen LogP contribution in [-0.2, 0) is 0 Å². The largest absolute Gasteiger partial charge is 0.396 e. The van der Waals surface area contributed by atoms with Gasteiger partial charge in [0.1, 0.15) is 0 Å². The van der Waals surface area contributed by atoms with Crippen LogP contribution in [0.4, 0.5) is 0 Å². The van der Waals surface area contributed by atoms with E-state index in [-0.39, 0.29) is 24.0 Å². The van der Waals surface area contributed by atoms with Gasteiger partial charge >= 0.3 is 0 Å². The average Bonchev–Trinajstić information content (AvgIpc) is 2.30. The lowest BCUT2D eigenvalue weighted by Crippen LogP contribution is -2.45. The molecule has 0 fully saturated rings. The first-order chi connectivity index (χ1) is 7.79. The first-order valence-electron chi connectivity index (χ1n) is 6.30. The first-order valence-corrected chi connectivity index (χ1v) is 6.30. The van der Waals surface area contributed by atoms with Gasteiger partial charge in [0, 0.05) is 13.2 Å². The molecule has 2 aliphatic carbocycles. The Balaban J connectivity index is 2.32. The standard InChI is InChI=1S/C14H22O2/c15-11-9-13-5-1-2-6-14(13,10-12-16)8-4-3-7-13/h1-4,15-16H,5-12H2. The van der Waals surface area contributed by atoms with E-state index < -0.39 is 0 Å². The van der Waals surface area contributed by atoms with E-state index in [0.717, 1.165) is 38.5 Å². The van der Waals surface area contributed by atoms with Gasteiger partial charge in [-0.2, -0.15) is 0 Å². The Morgan fingerprint density at radius 1 is 0.688 bits per heavy atom. The average molecular weight is 222 g/mol. The van der Waals surface area contributed by atoms with Gasteiger partial charge in [0.25, 0.3) is 0 Å². The molecule has 0 amide bonds. The van der Waals surface area contributed by atoms with Gasteiger partial charge < -0.3 is 10.2 Å². The highest BCUT2D eigenvalue weighted by atomic mass is 16.3. The van der Waals surface area contributed by atoms with E-state index in [1.807, 2.05) is 0 Å². The monoisotopic (exact) mass is 222 g/mol. The summed E-state index contributed by atoms with van der Waals surface area (Å²) in [6, 6.07) is 0. The topological polar surface area (TPSA) is 40.5 Å². The van der Waals surface area contributed by atoms with E-state index in [9.17, 15) is 10.2 Å². The van der Waals surface area contributed by atoms with Crippen molar-refractivity contribution >= 4 is 0 Å². The summed E-state index contributed by atoms with van der Waals surface area (Å²) in [5, 5.41) is 18.6. The van der Waals surface area contributed by atoms with Gasteiger partial charge in [-0.25, -0.2) is 0 Å². The van der Waals surface area contributed by atoms with Gasteiger partial charge in [-0.1, -0.05) is 24.3 Å².